The number of nitrogens with one attached hydrogen (secondary N) is 2. The number of halogens is 2. The molecule has 1 aromatic carbocycles. The average molecular weight is 315 g/mol. The van der Waals surface area contributed by atoms with Crippen molar-refractivity contribution in [2.75, 3.05) is 11.9 Å². The molecule has 0 saturated heterocycles. The molecule has 118 valence electrons. The molecule has 1 aliphatic rings. The molecule has 0 aliphatic carbocycles. The Morgan fingerprint density at radius 2 is 2.05 bits per heavy atom. The summed E-state index contributed by atoms with van der Waals surface area (Å²) >= 11 is 0. The summed E-state index contributed by atoms with van der Waals surface area (Å²) in [6, 6.07) is 3.55. The highest BCUT2D eigenvalue weighted by molar-refractivity contribution is 5.93. The summed E-state index contributed by atoms with van der Waals surface area (Å²) in [6.45, 7) is 9.36. The first-order valence-electron chi connectivity index (χ1n) is 7.12. The van der Waals surface area contributed by atoms with Crippen molar-refractivity contribution >= 4 is 24.0 Å². The second kappa shape index (κ2) is 6.75. The van der Waals surface area contributed by atoms with Crippen LogP contribution in [-0.2, 0) is 17.8 Å². The zero-order valence-electron chi connectivity index (χ0n) is 13.0. The van der Waals surface area contributed by atoms with Gasteiger partial charge in [0.25, 0.3) is 0 Å². The fourth-order valence-corrected chi connectivity index (χ4v) is 2.26. The van der Waals surface area contributed by atoms with E-state index in [0.717, 1.165) is 17.7 Å². The number of carbonyl (C=O) groups is 1. The maximum atomic E-state index is 14.4. The van der Waals surface area contributed by atoms with Crippen molar-refractivity contribution in [1.29, 1.82) is 0 Å². The summed E-state index contributed by atoms with van der Waals surface area (Å²) in [5, 5.41) is 5.94. The molecular formula is C16H24ClFN2O. The molecule has 0 radical (unpaired) electrons. The van der Waals surface area contributed by atoms with Crippen LogP contribution in [0.25, 0.3) is 0 Å². The molecule has 2 N–H and O–H groups in total. The molecule has 0 saturated carbocycles. The number of fused-ring (bicyclic) bond motifs is 1. The van der Waals surface area contributed by atoms with Gasteiger partial charge in [0.05, 0.1) is 5.69 Å². The van der Waals surface area contributed by atoms with E-state index in [0.29, 0.717) is 18.7 Å². The first kappa shape index (κ1) is 17.9. The highest BCUT2D eigenvalue weighted by atomic mass is 35.5. The summed E-state index contributed by atoms with van der Waals surface area (Å²) < 4.78 is 14.4. The van der Waals surface area contributed by atoms with Crippen molar-refractivity contribution in [2.45, 2.75) is 40.7 Å². The lowest BCUT2D eigenvalue weighted by Gasteiger charge is -2.26. The SMILES string of the molecule is CC(C(=O)Nc1ccc2c(c1F)CCNC2)C(C)(C)C.Cl. The van der Waals surface area contributed by atoms with Gasteiger partial charge in [0, 0.05) is 12.5 Å². The van der Waals surface area contributed by atoms with E-state index in [1.807, 2.05) is 33.8 Å². The van der Waals surface area contributed by atoms with Crippen LogP contribution in [0.3, 0.4) is 0 Å². The fraction of sp³-hybridized carbons (Fsp3) is 0.562. The van der Waals surface area contributed by atoms with Gasteiger partial charge < -0.3 is 10.6 Å². The van der Waals surface area contributed by atoms with E-state index >= 15 is 0 Å². The molecule has 1 unspecified atom stereocenters. The molecule has 0 fully saturated rings. The monoisotopic (exact) mass is 314 g/mol. The molecule has 0 aromatic heterocycles. The summed E-state index contributed by atoms with van der Waals surface area (Å²) in [7, 11) is 0. The summed E-state index contributed by atoms with van der Waals surface area (Å²) in [5.41, 5.74) is 1.87. The molecule has 2 rings (SSSR count). The second-order valence-corrected chi connectivity index (χ2v) is 6.57. The van der Waals surface area contributed by atoms with Crippen molar-refractivity contribution in [3.8, 4) is 0 Å². The van der Waals surface area contributed by atoms with Crippen LogP contribution in [0.15, 0.2) is 12.1 Å². The largest absolute Gasteiger partial charge is 0.323 e. The average Bonchev–Trinajstić information content (AvgIpc) is 2.40. The summed E-state index contributed by atoms with van der Waals surface area (Å²) in [4.78, 5) is 12.2. The van der Waals surface area contributed by atoms with E-state index in [9.17, 15) is 9.18 Å². The van der Waals surface area contributed by atoms with Crippen LogP contribution in [0.4, 0.5) is 10.1 Å². The molecule has 1 heterocycles. The van der Waals surface area contributed by atoms with Crippen LogP contribution in [0.1, 0.15) is 38.8 Å². The maximum absolute atomic E-state index is 14.4. The third-order valence-corrected chi connectivity index (χ3v) is 4.16. The Kier molecular flexibility index (Phi) is 5.76. The molecule has 0 spiro atoms. The van der Waals surface area contributed by atoms with Crippen LogP contribution < -0.4 is 10.6 Å². The van der Waals surface area contributed by atoms with Crippen molar-refractivity contribution in [2.24, 2.45) is 11.3 Å². The number of benzene rings is 1. The molecule has 1 amide bonds. The molecular weight excluding hydrogens is 291 g/mol. The van der Waals surface area contributed by atoms with Gasteiger partial charge in [-0.3, -0.25) is 4.79 Å². The molecule has 1 aromatic rings. The van der Waals surface area contributed by atoms with E-state index in [4.69, 9.17) is 0 Å². The van der Waals surface area contributed by atoms with Gasteiger partial charge in [0.2, 0.25) is 5.91 Å². The predicted octanol–water partition coefficient (Wildman–Crippen LogP) is 3.51. The number of amides is 1. The second-order valence-electron chi connectivity index (χ2n) is 6.57. The van der Waals surface area contributed by atoms with E-state index in [2.05, 4.69) is 10.6 Å². The van der Waals surface area contributed by atoms with E-state index in [-0.39, 0.29) is 35.5 Å². The van der Waals surface area contributed by atoms with E-state index in [1.165, 1.54) is 0 Å². The lowest BCUT2D eigenvalue weighted by atomic mass is 9.81. The number of carbonyl (C=O) groups excluding carboxylic acids is 1. The topological polar surface area (TPSA) is 41.1 Å². The van der Waals surface area contributed by atoms with E-state index < -0.39 is 0 Å². The van der Waals surface area contributed by atoms with Gasteiger partial charge in [-0.2, -0.15) is 0 Å². The zero-order valence-corrected chi connectivity index (χ0v) is 13.9. The molecule has 5 heteroatoms. The Morgan fingerprint density at radius 3 is 2.67 bits per heavy atom. The Labute approximate surface area is 132 Å². The zero-order chi connectivity index (χ0) is 14.9. The van der Waals surface area contributed by atoms with Crippen LogP contribution in [0, 0.1) is 17.2 Å². The van der Waals surface area contributed by atoms with Crippen molar-refractivity contribution in [3.05, 3.63) is 29.1 Å². The third-order valence-electron chi connectivity index (χ3n) is 4.16. The quantitative estimate of drug-likeness (QED) is 0.877. The lowest BCUT2D eigenvalue weighted by molar-refractivity contribution is -0.122. The number of rotatable bonds is 2. The van der Waals surface area contributed by atoms with E-state index in [1.54, 1.807) is 6.07 Å². The minimum Gasteiger partial charge on any atom is -0.323 e. The van der Waals surface area contributed by atoms with Gasteiger partial charge >= 0.3 is 0 Å². The Hall–Kier alpha value is -1.13. The standard InChI is InChI=1S/C16H23FN2O.ClH/c1-10(16(2,3)4)15(20)19-13-6-5-11-9-18-8-7-12(11)14(13)17;/h5-6,10,18H,7-9H2,1-4H3,(H,19,20);1H. The van der Waals surface area contributed by atoms with Crippen LogP contribution in [-0.4, -0.2) is 12.5 Å². The van der Waals surface area contributed by atoms with Crippen molar-refractivity contribution < 1.29 is 9.18 Å². The number of hydrogen-bond acceptors (Lipinski definition) is 2. The van der Waals surface area contributed by atoms with Gasteiger partial charge in [0.1, 0.15) is 5.82 Å². The van der Waals surface area contributed by atoms with Crippen LogP contribution in [0.2, 0.25) is 0 Å². The molecule has 3 nitrogen and oxygen atoms in total. The molecule has 21 heavy (non-hydrogen) atoms. The van der Waals surface area contributed by atoms with Gasteiger partial charge in [-0.25, -0.2) is 4.39 Å². The predicted molar refractivity (Wildman–Crippen MR) is 86.3 cm³/mol. The summed E-state index contributed by atoms with van der Waals surface area (Å²) in [5.74, 6) is -0.594. The van der Waals surface area contributed by atoms with Gasteiger partial charge in [-0.1, -0.05) is 33.8 Å². The molecule has 1 aliphatic heterocycles. The molecule has 1 atom stereocenters. The normalized spacial score (nSPS) is 15.7. The summed E-state index contributed by atoms with van der Waals surface area (Å²) in [6.07, 6.45) is 0.666. The van der Waals surface area contributed by atoms with Crippen molar-refractivity contribution in [3.63, 3.8) is 0 Å². The number of hydrogen-bond donors (Lipinski definition) is 2. The van der Waals surface area contributed by atoms with Crippen LogP contribution in [0.5, 0.6) is 0 Å². The van der Waals surface area contributed by atoms with Crippen LogP contribution >= 0.6 is 12.4 Å². The highest BCUT2D eigenvalue weighted by Crippen LogP contribution is 2.29. The maximum Gasteiger partial charge on any atom is 0.227 e. The Bertz CT molecular complexity index is 526. The minimum absolute atomic E-state index is 0. The van der Waals surface area contributed by atoms with Gasteiger partial charge in [-0.05, 0) is 35.6 Å². The Morgan fingerprint density at radius 1 is 1.38 bits per heavy atom. The Balaban J connectivity index is 0.00000220. The lowest BCUT2D eigenvalue weighted by Crippen LogP contribution is -2.31. The first-order chi connectivity index (χ1) is 9.30. The van der Waals surface area contributed by atoms with Crippen molar-refractivity contribution in [1.82, 2.24) is 5.32 Å². The fourth-order valence-electron chi connectivity index (χ4n) is 2.26. The van der Waals surface area contributed by atoms with Gasteiger partial charge in [0.15, 0.2) is 0 Å². The minimum atomic E-state index is -0.279. The third kappa shape index (κ3) is 3.95. The number of anilines is 1. The smallest absolute Gasteiger partial charge is 0.227 e. The van der Waals surface area contributed by atoms with Gasteiger partial charge in [-0.15, -0.1) is 12.4 Å². The molecule has 0 bridgehead atoms. The highest BCUT2D eigenvalue weighted by Gasteiger charge is 2.27. The first-order valence-corrected chi connectivity index (χ1v) is 7.12.